The van der Waals surface area contributed by atoms with Crippen LogP contribution in [0.25, 0.3) is 0 Å². The molecule has 0 nitrogen and oxygen atoms in total. The monoisotopic (exact) mass is 526 g/mol. The summed E-state index contributed by atoms with van der Waals surface area (Å²) in [7, 11) is 0. The Hall–Kier alpha value is -0.655. The molecule has 0 spiro atoms. The molecule has 0 aliphatic carbocycles. The first-order valence-corrected chi connectivity index (χ1v) is 15.8. The van der Waals surface area contributed by atoms with Crippen LogP contribution in [-0.2, 0) is 0 Å². The first-order valence-electron chi connectivity index (χ1n) is 10.9. The van der Waals surface area contributed by atoms with Crippen LogP contribution < -0.4 is 51.4 Å². The maximum Gasteiger partial charge on any atom is 1.00 e. The van der Waals surface area contributed by atoms with E-state index in [4.69, 9.17) is 0 Å². The van der Waals surface area contributed by atoms with E-state index in [9.17, 15) is 0 Å². The topological polar surface area (TPSA) is 0 Å². The Morgan fingerprint density at radius 3 is 0.794 bits per heavy atom. The van der Waals surface area contributed by atoms with Gasteiger partial charge in [0.05, 0.1) is 0 Å². The Labute approximate surface area is 244 Å². The first kappa shape index (κ1) is 27.9. The molecule has 0 radical (unpaired) electrons. The molecule has 168 valence electrons. The Morgan fingerprint density at radius 1 is 0.382 bits per heavy atom. The molecular formula is C28H28BNaS4. The maximum atomic E-state index is 2.36. The fourth-order valence-electron chi connectivity index (χ4n) is 5.10. The van der Waals surface area contributed by atoms with E-state index in [1.54, 1.807) is 0 Å². The number of rotatable bonds is 8. The Balaban J connectivity index is 0.00000324. The minimum atomic E-state index is -1.44. The van der Waals surface area contributed by atoms with Gasteiger partial charge in [-0.3, -0.25) is 0 Å². The molecule has 0 amide bonds. The van der Waals surface area contributed by atoms with Crippen LogP contribution in [-0.4, -0.2) is 31.2 Å². The van der Waals surface area contributed by atoms with Crippen LogP contribution in [0.3, 0.4) is 0 Å². The van der Waals surface area contributed by atoms with Gasteiger partial charge in [0.1, 0.15) is 6.15 Å². The van der Waals surface area contributed by atoms with Crippen LogP contribution in [0.15, 0.2) is 117 Å². The van der Waals surface area contributed by atoms with Crippen LogP contribution >= 0.6 is 47.0 Å². The summed E-state index contributed by atoms with van der Waals surface area (Å²) in [6.45, 7) is 0. The number of thioether (sulfide) groups is 4. The van der Waals surface area contributed by atoms with Gasteiger partial charge in [0.25, 0.3) is 0 Å². The van der Waals surface area contributed by atoms with Gasteiger partial charge in [-0.1, -0.05) is 97.1 Å². The number of hydrogen-bond donors (Lipinski definition) is 0. The summed E-state index contributed by atoms with van der Waals surface area (Å²) in [5, 5.41) is 0. The largest absolute Gasteiger partial charge is 1.00 e. The third-order valence-corrected chi connectivity index (χ3v) is 9.67. The van der Waals surface area contributed by atoms with Crippen molar-refractivity contribution in [1.29, 1.82) is 0 Å². The van der Waals surface area contributed by atoms with E-state index in [0.29, 0.717) is 0 Å². The van der Waals surface area contributed by atoms with E-state index < -0.39 is 6.15 Å². The molecule has 0 aliphatic rings. The molecule has 0 aliphatic heterocycles. The molecule has 0 unspecified atom stereocenters. The average Bonchev–Trinajstić information content (AvgIpc) is 2.90. The average molecular weight is 527 g/mol. The van der Waals surface area contributed by atoms with Gasteiger partial charge in [0.15, 0.2) is 0 Å². The maximum absolute atomic E-state index is 2.36. The molecule has 0 saturated carbocycles. The van der Waals surface area contributed by atoms with Crippen LogP contribution in [0, 0.1) is 0 Å². The van der Waals surface area contributed by atoms with Crippen molar-refractivity contribution in [3.8, 4) is 0 Å². The summed E-state index contributed by atoms with van der Waals surface area (Å²) in [6, 6.07) is 36.0. The van der Waals surface area contributed by atoms with Crippen LogP contribution in [0.1, 0.15) is 0 Å². The van der Waals surface area contributed by atoms with Crippen molar-refractivity contribution in [3.63, 3.8) is 0 Å². The van der Waals surface area contributed by atoms with Gasteiger partial charge in [-0.25, -0.2) is 0 Å². The number of benzene rings is 4. The third-order valence-electron chi connectivity index (χ3n) is 6.42. The fraction of sp³-hybridized carbons (Fsp3) is 0.143. The molecule has 0 N–H and O–H groups in total. The molecule has 0 fully saturated rings. The van der Waals surface area contributed by atoms with Crippen LogP contribution in [0.2, 0.25) is 0 Å². The molecule has 4 aromatic rings. The van der Waals surface area contributed by atoms with Gasteiger partial charge in [0.2, 0.25) is 0 Å². The predicted octanol–water partition coefficient (Wildman–Crippen LogP) is 2.96. The molecule has 34 heavy (non-hydrogen) atoms. The summed E-state index contributed by atoms with van der Waals surface area (Å²) in [4.78, 5) is 5.33. The van der Waals surface area contributed by atoms with E-state index in [-0.39, 0.29) is 29.6 Å². The minimum absolute atomic E-state index is 0. The van der Waals surface area contributed by atoms with Crippen molar-refractivity contribution < 1.29 is 29.6 Å². The SMILES string of the molecule is CSc1ccccc1[B-](c1ccccc1SC)(c1ccccc1SC)c1ccccc1SC.[Na+]. The minimum Gasteiger partial charge on any atom is -0.182 e. The van der Waals surface area contributed by atoms with Crippen molar-refractivity contribution in [2.45, 2.75) is 19.6 Å². The van der Waals surface area contributed by atoms with Gasteiger partial charge < -0.3 is 0 Å². The zero-order valence-corrected chi connectivity index (χ0v) is 25.7. The second-order valence-electron chi connectivity index (χ2n) is 7.83. The summed E-state index contributed by atoms with van der Waals surface area (Å²) in [5.41, 5.74) is 5.59. The molecule has 0 atom stereocenters. The van der Waals surface area contributed by atoms with Crippen molar-refractivity contribution in [3.05, 3.63) is 97.1 Å². The standard InChI is InChI=1S/C28H28BS4.Na/c1-30-25-17-9-5-13-21(25)29(22-14-6-10-18-26(22)31-2,23-15-7-11-19-27(23)32-3)24-16-8-12-20-28(24)33-4;/h5-20H,1-4H3;/q-1;+1. The van der Waals surface area contributed by atoms with E-state index in [1.165, 1.54) is 41.4 Å². The Morgan fingerprint density at radius 2 is 0.588 bits per heavy atom. The van der Waals surface area contributed by atoms with Crippen molar-refractivity contribution in [1.82, 2.24) is 0 Å². The molecule has 0 aromatic heterocycles. The normalized spacial score (nSPS) is 11.2. The Bertz CT molecular complexity index is 1050. The van der Waals surface area contributed by atoms with E-state index in [2.05, 4.69) is 122 Å². The van der Waals surface area contributed by atoms with Gasteiger partial charge >= 0.3 is 29.6 Å². The smallest absolute Gasteiger partial charge is 0.182 e. The third kappa shape index (κ3) is 5.08. The summed E-state index contributed by atoms with van der Waals surface area (Å²) < 4.78 is 0. The molecule has 4 rings (SSSR count). The van der Waals surface area contributed by atoms with Gasteiger partial charge in [-0.05, 0) is 44.6 Å². The molecule has 0 heterocycles. The first-order chi connectivity index (χ1) is 16.2. The predicted molar refractivity (Wildman–Crippen MR) is 157 cm³/mol. The second-order valence-corrected chi connectivity index (χ2v) is 11.2. The van der Waals surface area contributed by atoms with Gasteiger partial charge in [-0.15, -0.1) is 47.0 Å². The molecular weight excluding hydrogens is 498 g/mol. The number of hydrogen-bond acceptors (Lipinski definition) is 4. The summed E-state index contributed by atoms with van der Waals surface area (Å²) >= 11 is 7.37. The Kier molecular flexibility index (Phi) is 10.7. The van der Waals surface area contributed by atoms with E-state index >= 15 is 0 Å². The quantitative estimate of drug-likeness (QED) is 0.256. The second kappa shape index (κ2) is 13.1. The van der Waals surface area contributed by atoms with Gasteiger partial charge in [-0.2, -0.15) is 21.9 Å². The molecule has 6 heteroatoms. The van der Waals surface area contributed by atoms with E-state index in [0.717, 1.165) is 0 Å². The van der Waals surface area contributed by atoms with Crippen molar-refractivity contribution in [2.75, 3.05) is 25.0 Å². The van der Waals surface area contributed by atoms with E-state index in [1.807, 2.05) is 47.0 Å². The summed E-state index contributed by atoms with van der Waals surface area (Å²) in [6.07, 6.45) is 7.35. The zero-order chi connectivity index (χ0) is 23.3. The zero-order valence-electron chi connectivity index (χ0n) is 20.4. The molecule has 0 bridgehead atoms. The van der Waals surface area contributed by atoms with Crippen LogP contribution in [0.4, 0.5) is 0 Å². The molecule has 0 saturated heterocycles. The molecule has 4 aromatic carbocycles. The van der Waals surface area contributed by atoms with Crippen LogP contribution in [0.5, 0.6) is 0 Å². The van der Waals surface area contributed by atoms with Crippen molar-refractivity contribution >= 4 is 75.0 Å². The van der Waals surface area contributed by atoms with Crippen molar-refractivity contribution in [2.24, 2.45) is 0 Å². The summed E-state index contributed by atoms with van der Waals surface area (Å²) in [5.74, 6) is 0. The van der Waals surface area contributed by atoms with Gasteiger partial charge in [0, 0.05) is 0 Å². The fourth-order valence-corrected chi connectivity index (χ4v) is 7.88.